The maximum Gasteiger partial charge on any atom is 0.573 e. The zero-order valence-electron chi connectivity index (χ0n) is 13.7. The first-order valence-corrected chi connectivity index (χ1v) is 8.17. The van der Waals surface area contributed by atoms with Crippen molar-refractivity contribution in [2.75, 3.05) is 18.9 Å². The van der Waals surface area contributed by atoms with Crippen LogP contribution in [0.1, 0.15) is 18.7 Å². The van der Waals surface area contributed by atoms with Crippen molar-refractivity contribution in [3.8, 4) is 11.4 Å². The Morgan fingerprint density at radius 2 is 2.19 bits per heavy atom. The number of fused-ring (bicyclic) bond motifs is 2. The van der Waals surface area contributed by atoms with Crippen LogP contribution < -0.4 is 10.5 Å². The molecule has 1 aromatic carbocycles. The van der Waals surface area contributed by atoms with Crippen molar-refractivity contribution in [2.45, 2.75) is 37.9 Å². The number of nitrogens with two attached hydrogens (primary N) is 1. The predicted octanol–water partition coefficient (Wildman–Crippen LogP) is 1.51. The van der Waals surface area contributed by atoms with E-state index in [0.29, 0.717) is 24.1 Å². The Kier molecular flexibility index (Phi) is 4.19. The summed E-state index contributed by atoms with van der Waals surface area (Å²) < 4.78 is 48.6. The molecule has 2 aliphatic heterocycles. The zero-order valence-corrected chi connectivity index (χ0v) is 13.7. The van der Waals surface area contributed by atoms with Crippen LogP contribution in [0.3, 0.4) is 0 Å². The standard InChI is InChI=1S/C15H17F3N6O2/c16-15(17,18)26-13-6-10(1-2-12(13)19)24-14(20-21-22-24)8-23-7-11-5-9(23)3-4-25-11/h1-2,6,9,11H,3-5,7-8,19H2/t9-,11+/m1/s1. The second-order valence-corrected chi connectivity index (χ2v) is 6.38. The molecule has 1 aromatic heterocycles. The summed E-state index contributed by atoms with van der Waals surface area (Å²) >= 11 is 0. The highest BCUT2D eigenvalue weighted by Gasteiger charge is 2.37. The Morgan fingerprint density at radius 3 is 2.96 bits per heavy atom. The fourth-order valence-corrected chi connectivity index (χ4v) is 3.48. The molecule has 0 unspecified atom stereocenters. The average Bonchev–Trinajstić information content (AvgIpc) is 3.13. The van der Waals surface area contributed by atoms with E-state index in [-0.39, 0.29) is 11.8 Å². The van der Waals surface area contributed by atoms with Crippen molar-refractivity contribution < 1.29 is 22.6 Å². The number of hydrogen-bond acceptors (Lipinski definition) is 7. The second kappa shape index (κ2) is 6.40. The summed E-state index contributed by atoms with van der Waals surface area (Å²) in [5, 5.41) is 11.6. The topological polar surface area (TPSA) is 91.3 Å². The summed E-state index contributed by atoms with van der Waals surface area (Å²) in [6.07, 6.45) is -2.68. The SMILES string of the molecule is Nc1ccc(-n2nnnc2CN2C[C@@H]3C[C@H]2CCO3)cc1OC(F)(F)F. The minimum Gasteiger partial charge on any atom is -0.404 e. The summed E-state index contributed by atoms with van der Waals surface area (Å²) in [6, 6.07) is 4.46. The number of alkyl halides is 3. The molecule has 11 heteroatoms. The lowest BCUT2D eigenvalue weighted by atomic mass is 10.1. The summed E-state index contributed by atoms with van der Waals surface area (Å²) in [7, 11) is 0. The van der Waals surface area contributed by atoms with Crippen molar-refractivity contribution in [1.29, 1.82) is 0 Å². The Bertz CT molecular complexity index is 796. The number of ether oxygens (including phenoxy) is 2. The molecule has 0 saturated carbocycles. The van der Waals surface area contributed by atoms with Gasteiger partial charge >= 0.3 is 6.36 Å². The number of likely N-dealkylation sites (tertiary alicyclic amines) is 1. The van der Waals surface area contributed by atoms with E-state index in [1.54, 1.807) is 6.07 Å². The van der Waals surface area contributed by atoms with Gasteiger partial charge in [0.1, 0.15) is 0 Å². The molecule has 2 aromatic rings. The molecule has 0 amide bonds. The van der Waals surface area contributed by atoms with Crippen LogP contribution in [0.2, 0.25) is 0 Å². The number of benzene rings is 1. The van der Waals surface area contributed by atoms with Gasteiger partial charge in [-0.3, -0.25) is 4.90 Å². The third-order valence-corrected chi connectivity index (χ3v) is 4.64. The highest BCUT2D eigenvalue weighted by atomic mass is 19.4. The van der Waals surface area contributed by atoms with Crippen LogP contribution >= 0.6 is 0 Å². The van der Waals surface area contributed by atoms with Gasteiger partial charge in [0.25, 0.3) is 0 Å². The van der Waals surface area contributed by atoms with Gasteiger partial charge < -0.3 is 15.2 Å². The molecule has 2 atom stereocenters. The first-order valence-electron chi connectivity index (χ1n) is 8.17. The maximum absolute atomic E-state index is 12.5. The molecule has 2 bridgehead atoms. The van der Waals surface area contributed by atoms with E-state index in [4.69, 9.17) is 10.5 Å². The molecule has 4 rings (SSSR count). The number of anilines is 1. The quantitative estimate of drug-likeness (QED) is 0.816. The molecule has 0 spiro atoms. The van der Waals surface area contributed by atoms with Crippen LogP contribution in [0, 0.1) is 0 Å². The van der Waals surface area contributed by atoms with E-state index in [9.17, 15) is 13.2 Å². The van der Waals surface area contributed by atoms with Crippen molar-refractivity contribution in [3.05, 3.63) is 24.0 Å². The molecular formula is C15H17F3N6O2. The van der Waals surface area contributed by atoms with Gasteiger partial charge in [0, 0.05) is 25.3 Å². The lowest BCUT2D eigenvalue weighted by Gasteiger charge is -2.23. The Labute approximate surface area is 146 Å². The van der Waals surface area contributed by atoms with Gasteiger partial charge in [0.15, 0.2) is 11.6 Å². The second-order valence-electron chi connectivity index (χ2n) is 6.38. The summed E-state index contributed by atoms with van der Waals surface area (Å²) in [5.74, 6) is 0.0437. The molecule has 8 nitrogen and oxygen atoms in total. The largest absolute Gasteiger partial charge is 0.573 e. The first-order chi connectivity index (χ1) is 12.4. The molecular weight excluding hydrogens is 353 g/mol. The highest BCUT2D eigenvalue weighted by Crippen LogP contribution is 2.31. The van der Waals surface area contributed by atoms with Crippen LogP contribution in [0.25, 0.3) is 5.69 Å². The van der Waals surface area contributed by atoms with Crippen LogP contribution in [-0.4, -0.2) is 56.8 Å². The van der Waals surface area contributed by atoms with Gasteiger partial charge in [-0.05, 0) is 35.4 Å². The van der Waals surface area contributed by atoms with Crippen molar-refractivity contribution in [1.82, 2.24) is 25.1 Å². The molecule has 2 aliphatic rings. The van der Waals surface area contributed by atoms with Gasteiger partial charge in [-0.25, -0.2) is 0 Å². The van der Waals surface area contributed by atoms with Gasteiger partial charge in [0.05, 0.1) is 24.0 Å². The van der Waals surface area contributed by atoms with E-state index in [2.05, 4.69) is 25.2 Å². The Balaban J connectivity index is 1.58. The minimum absolute atomic E-state index is 0.119. The van der Waals surface area contributed by atoms with Gasteiger partial charge in [-0.15, -0.1) is 18.3 Å². The van der Waals surface area contributed by atoms with Gasteiger partial charge in [-0.2, -0.15) is 4.68 Å². The minimum atomic E-state index is -4.83. The van der Waals surface area contributed by atoms with Crippen LogP contribution in [0.15, 0.2) is 18.2 Å². The monoisotopic (exact) mass is 370 g/mol. The maximum atomic E-state index is 12.5. The number of nitrogens with zero attached hydrogens (tertiary/aromatic N) is 5. The average molecular weight is 370 g/mol. The number of aromatic nitrogens is 4. The van der Waals surface area contributed by atoms with Crippen LogP contribution in [-0.2, 0) is 11.3 Å². The lowest BCUT2D eigenvalue weighted by molar-refractivity contribution is -0.274. The van der Waals surface area contributed by atoms with Crippen LogP contribution in [0.4, 0.5) is 18.9 Å². The van der Waals surface area contributed by atoms with Crippen LogP contribution in [0.5, 0.6) is 5.75 Å². The lowest BCUT2D eigenvalue weighted by Crippen LogP contribution is -2.30. The van der Waals surface area contributed by atoms with Gasteiger partial charge in [0.2, 0.25) is 0 Å². The summed E-state index contributed by atoms with van der Waals surface area (Å²) in [6.45, 7) is 2.02. The first kappa shape index (κ1) is 17.0. The molecule has 3 heterocycles. The van der Waals surface area contributed by atoms with Crippen molar-refractivity contribution in [2.24, 2.45) is 0 Å². The van der Waals surface area contributed by atoms with E-state index in [1.807, 2.05) is 0 Å². The number of nitrogen functional groups attached to an aromatic ring is 1. The normalized spacial score (nSPS) is 23.3. The number of tetrazole rings is 1. The predicted molar refractivity (Wildman–Crippen MR) is 83.4 cm³/mol. The molecule has 2 fully saturated rings. The fraction of sp³-hybridized carbons (Fsp3) is 0.533. The number of rotatable bonds is 4. The summed E-state index contributed by atoms with van der Waals surface area (Å²) in [5.41, 5.74) is 5.80. The van der Waals surface area contributed by atoms with Gasteiger partial charge in [-0.1, -0.05) is 0 Å². The summed E-state index contributed by atoms with van der Waals surface area (Å²) in [4.78, 5) is 2.24. The number of halogens is 3. The van der Waals surface area contributed by atoms with E-state index in [0.717, 1.165) is 26.0 Å². The highest BCUT2D eigenvalue weighted by molar-refractivity contribution is 5.57. The fourth-order valence-electron chi connectivity index (χ4n) is 3.48. The van der Waals surface area contributed by atoms with E-state index >= 15 is 0 Å². The third-order valence-electron chi connectivity index (χ3n) is 4.64. The Hall–Kier alpha value is -2.40. The smallest absolute Gasteiger partial charge is 0.404 e. The van der Waals surface area contributed by atoms with Crippen molar-refractivity contribution in [3.63, 3.8) is 0 Å². The molecule has 2 N–H and O–H groups in total. The van der Waals surface area contributed by atoms with E-state index in [1.165, 1.54) is 16.8 Å². The Morgan fingerprint density at radius 1 is 1.35 bits per heavy atom. The van der Waals surface area contributed by atoms with E-state index < -0.39 is 12.1 Å². The molecule has 0 aliphatic carbocycles. The molecule has 140 valence electrons. The molecule has 26 heavy (non-hydrogen) atoms. The third kappa shape index (κ3) is 3.44. The molecule has 0 radical (unpaired) electrons. The number of hydrogen-bond donors (Lipinski definition) is 1. The zero-order chi connectivity index (χ0) is 18.3. The molecule has 2 saturated heterocycles. The van der Waals surface area contributed by atoms with Crippen molar-refractivity contribution >= 4 is 5.69 Å².